The van der Waals surface area contributed by atoms with Crippen LogP contribution in [0.5, 0.6) is 11.6 Å². The summed E-state index contributed by atoms with van der Waals surface area (Å²) in [5, 5.41) is 0. The number of rotatable bonds is 5. The van der Waals surface area contributed by atoms with E-state index in [4.69, 9.17) is 9.47 Å². The van der Waals surface area contributed by atoms with Crippen LogP contribution in [0.2, 0.25) is 0 Å². The van der Waals surface area contributed by atoms with Gasteiger partial charge >= 0.3 is 0 Å². The molecule has 2 saturated heterocycles. The maximum absolute atomic E-state index is 12.7. The quantitative estimate of drug-likeness (QED) is 0.828. The number of pyridine rings is 1. The molecule has 2 aliphatic heterocycles. The van der Waals surface area contributed by atoms with Gasteiger partial charge in [0.25, 0.3) is 5.91 Å². The van der Waals surface area contributed by atoms with E-state index < -0.39 is 0 Å². The molecule has 0 aliphatic carbocycles. The predicted octanol–water partition coefficient (Wildman–Crippen LogP) is 3.37. The summed E-state index contributed by atoms with van der Waals surface area (Å²) in [4.78, 5) is 19.0. The fraction of sp³-hybridized carbons (Fsp3) is 0.429. The second kappa shape index (κ2) is 7.36. The number of carbonyl (C=O) groups is 1. The van der Waals surface area contributed by atoms with Crippen molar-refractivity contribution >= 4 is 5.91 Å². The van der Waals surface area contributed by atoms with Crippen molar-refractivity contribution in [1.82, 2.24) is 9.88 Å². The molecule has 2 aliphatic rings. The zero-order chi connectivity index (χ0) is 17.9. The number of amides is 1. The van der Waals surface area contributed by atoms with Crippen molar-refractivity contribution < 1.29 is 14.3 Å². The third-order valence-corrected chi connectivity index (χ3v) is 5.29. The molecule has 26 heavy (non-hydrogen) atoms. The molecule has 0 saturated carbocycles. The average Bonchev–Trinajstić information content (AvgIpc) is 2.93. The van der Waals surface area contributed by atoms with Crippen molar-refractivity contribution in [3.8, 4) is 11.6 Å². The minimum Gasteiger partial charge on any atom is -0.484 e. The maximum atomic E-state index is 12.7. The summed E-state index contributed by atoms with van der Waals surface area (Å²) in [7, 11) is 0. The number of fused-ring (bicyclic) bond motifs is 2. The van der Waals surface area contributed by atoms with E-state index in [1.54, 1.807) is 6.20 Å². The first-order chi connectivity index (χ1) is 12.7. The van der Waals surface area contributed by atoms with Crippen LogP contribution in [0, 0.1) is 6.92 Å². The van der Waals surface area contributed by atoms with Crippen LogP contribution < -0.4 is 9.47 Å². The number of nitrogens with zero attached hydrogens (tertiary/aromatic N) is 2. The van der Waals surface area contributed by atoms with Gasteiger partial charge in [-0.05, 0) is 38.0 Å². The molecule has 5 heteroatoms. The molecular weight excluding hydrogens is 328 g/mol. The Kier molecular flexibility index (Phi) is 4.78. The summed E-state index contributed by atoms with van der Waals surface area (Å²) < 4.78 is 11.7. The molecule has 2 bridgehead atoms. The Bertz CT molecular complexity index is 734. The van der Waals surface area contributed by atoms with Crippen LogP contribution in [0.15, 0.2) is 48.7 Å². The first-order valence-corrected chi connectivity index (χ1v) is 9.27. The van der Waals surface area contributed by atoms with Gasteiger partial charge in [0.05, 0.1) is 0 Å². The summed E-state index contributed by atoms with van der Waals surface area (Å²) in [6.45, 7) is 2.13. The number of piperidine rings is 1. The molecule has 1 amide bonds. The lowest BCUT2D eigenvalue weighted by Crippen LogP contribution is -2.50. The van der Waals surface area contributed by atoms with E-state index in [1.807, 2.05) is 54.3 Å². The highest BCUT2D eigenvalue weighted by molar-refractivity contribution is 5.79. The highest BCUT2D eigenvalue weighted by Crippen LogP contribution is 2.37. The van der Waals surface area contributed by atoms with Gasteiger partial charge in [-0.3, -0.25) is 4.79 Å². The maximum Gasteiger partial charge on any atom is 0.261 e. The summed E-state index contributed by atoms with van der Waals surface area (Å²) >= 11 is 0. The Balaban J connectivity index is 1.34. The molecule has 0 N–H and O–H groups in total. The van der Waals surface area contributed by atoms with E-state index in [9.17, 15) is 4.79 Å². The summed E-state index contributed by atoms with van der Waals surface area (Å²) in [5.74, 6) is 1.48. The normalized spacial score (nSPS) is 24.3. The highest BCUT2D eigenvalue weighted by Gasteiger charge is 2.44. The number of ether oxygens (including phenoxy) is 2. The minimum absolute atomic E-state index is 0.0781. The molecule has 4 rings (SSSR count). The van der Waals surface area contributed by atoms with Crippen LogP contribution in [-0.2, 0) is 4.79 Å². The summed E-state index contributed by atoms with van der Waals surface area (Å²) in [6.07, 6.45) is 5.69. The number of hydrogen-bond acceptors (Lipinski definition) is 4. The van der Waals surface area contributed by atoms with E-state index in [1.165, 1.54) is 5.56 Å². The van der Waals surface area contributed by atoms with E-state index in [0.717, 1.165) is 31.4 Å². The predicted molar refractivity (Wildman–Crippen MR) is 98.2 cm³/mol. The lowest BCUT2D eigenvalue weighted by atomic mass is 9.99. The van der Waals surface area contributed by atoms with Gasteiger partial charge in [0.1, 0.15) is 11.9 Å². The lowest BCUT2D eigenvalue weighted by molar-refractivity contribution is -0.139. The molecule has 0 radical (unpaired) electrons. The Morgan fingerprint density at radius 3 is 2.50 bits per heavy atom. The first kappa shape index (κ1) is 16.9. The number of benzene rings is 1. The molecule has 1 aromatic heterocycles. The minimum atomic E-state index is 0.0781. The molecule has 5 nitrogen and oxygen atoms in total. The molecule has 2 unspecified atom stereocenters. The number of aromatic nitrogens is 1. The topological polar surface area (TPSA) is 51.7 Å². The van der Waals surface area contributed by atoms with E-state index in [-0.39, 0.29) is 30.7 Å². The summed E-state index contributed by atoms with van der Waals surface area (Å²) in [6, 6.07) is 14.0. The fourth-order valence-electron chi connectivity index (χ4n) is 4.07. The molecular formula is C21H24N2O3. The van der Waals surface area contributed by atoms with Crippen molar-refractivity contribution in [2.45, 2.75) is 50.8 Å². The van der Waals surface area contributed by atoms with Crippen LogP contribution in [0.25, 0.3) is 0 Å². The lowest BCUT2D eigenvalue weighted by Gasteiger charge is -2.38. The van der Waals surface area contributed by atoms with Crippen LogP contribution in [0.3, 0.4) is 0 Å². The molecule has 2 fully saturated rings. The monoisotopic (exact) mass is 352 g/mol. The Morgan fingerprint density at radius 2 is 1.85 bits per heavy atom. The van der Waals surface area contributed by atoms with Gasteiger partial charge in [-0.25, -0.2) is 4.98 Å². The van der Waals surface area contributed by atoms with Gasteiger partial charge in [0.15, 0.2) is 6.61 Å². The third-order valence-electron chi connectivity index (χ3n) is 5.29. The number of carbonyl (C=O) groups excluding carboxylic acids is 1. The molecule has 2 aromatic rings. The second-order valence-corrected chi connectivity index (χ2v) is 7.17. The largest absolute Gasteiger partial charge is 0.484 e. The smallest absolute Gasteiger partial charge is 0.261 e. The van der Waals surface area contributed by atoms with Crippen LogP contribution in [0.4, 0.5) is 0 Å². The van der Waals surface area contributed by atoms with E-state index in [0.29, 0.717) is 5.88 Å². The first-order valence-electron chi connectivity index (χ1n) is 9.27. The van der Waals surface area contributed by atoms with Crippen molar-refractivity contribution in [2.75, 3.05) is 6.61 Å². The molecule has 136 valence electrons. The average molecular weight is 352 g/mol. The molecule has 0 spiro atoms. The van der Waals surface area contributed by atoms with Gasteiger partial charge in [-0.15, -0.1) is 0 Å². The Labute approximate surface area is 153 Å². The zero-order valence-electron chi connectivity index (χ0n) is 15.0. The van der Waals surface area contributed by atoms with E-state index >= 15 is 0 Å². The standard InChI is InChI=1S/C21H24N2O3/c1-15-5-9-18(10-6-15)25-14-21(24)23-16-7-8-17(23)13-19(12-16)26-20-4-2-3-11-22-20/h2-6,9-11,16-17,19H,7-8,12-14H2,1H3. The molecule has 2 atom stereocenters. The van der Waals surface area contributed by atoms with Gasteiger partial charge in [0, 0.05) is 37.2 Å². The Hall–Kier alpha value is -2.56. The fourth-order valence-corrected chi connectivity index (χ4v) is 4.07. The molecule has 3 heterocycles. The number of aryl methyl sites for hydroxylation is 1. The van der Waals surface area contributed by atoms with E-state index in [2.05, 4.69) is 4.98 Å². The van der Waals surface area contributed by atoms with Crippen molar-refractivity contribution in [3.63, 3.8) is 0 Å². The Morgan fingerprint density at radius 1 is 1.12 bits per heavy atom. The van der Waals surface area contributed by atoms with Crippen molar-refractivity contribution in [1.29, 1.82) is 0 Å². The van der Waals surface area contributed by atoms with Gasteiger partial charge in [-0.1, -0.05) is 23.8 Å². The zero-order valence-corrected chi connectivity index (χ0v) is 15.0. The van der Waals surface area contributed by atoms with Gasteiger partial charge < -0.3 is 14.4 Å². The van der Waals surface area contributed by atoms with Crippen molar-refractivity contribution in [2.24, 2.45) is 0 Å². The van der Waals surface area contributed by atoms with Crippen LogP contribution >= 0.6 is 0 Å². The molecule has 1 aromatic carbocycles. The summed E-state index contributed by atoms with van der Waals surface area (Å²) in [5.41, 5.74) is 1.18. The van der Waals surface area contributed by atoms with Gasteiger partial charge in [-0.2, -0.15) is 0 Å². The third kappa shape index (κ3) is 3.66. The number of hydrogen-bond donors (Lipinski definition) is 0. The van der Waals surface area contributed by atoms with Crippen LogP contribution in [-0.4, -0.2) is 40.6 Å². The second-order valence-electron chi connectivity index (χ2n) is 7.17. The SMILES string of the molecule is Cc1ccc(OCC(=O)N2C3CCC2CC(Oc2ccccn2)C3)cc1. The van der Waals surface area contributed by atoms with Gasteiger partial charge in [0.2, 0.25) is 5.88 Å². The van der Waals surface area contributed by atoms with Crippen molar-refractivity contribution in [3.05, 3.63) is 54.2 Å². The highest BCUT2D eigenvalue weighted by atomic mass is 16.5. The van der Waals surface area contributed by atoms with Crippen LogP contribution in [0.1, 0.15) is 31.2 Å².